The molecule has 1 amide bonds. The van der Waals surface area contributed by atoms with Gasteiger partial charge in [0.1, 0.15) is 5.82 Å². The first-order valence-electron chi connectivity index (χ1n) is 6.53. The highest BCUT2D eigenvalue weighted by atomic mass is 79.9. The zero-order chi connectivity index (χ0) is 14.6. The lowest BCUT2D eigenvalue weighted by Gasteiger charge is -2.28. The molecule has 1 atom stereocenters. The summed E-state index contributed by atoms with van der Waals surface area (Å²) in [7, 11) is 1.65. The number of rotatable bonds is 5. The number of hydrogen-bond donors (Lipinski definition) is 2. The largest absolute Gasteiger partial charge is 0.383 e. The minimum Gasteiger partial charge on any atom is -0.383 e. The van der Waals surface area contributed by atoms with Crippen molar-refractivity contribution in [3.05, 3.63) is 34.1 Å². The molecule has 4 nitrogen and oxygen atoms in total. The van der Waals surface area contributed by atoms with Crippen molar-refractivity contribution < 1.29 is 13.9 Å². The number of benzene rings is 1. The van der Waals surface area contributed by atoms with Gasteiger partial charge in [0.25, 0.3) is 5.91 Å². The molecule has 1 aromatic carbocycles. The average molecular weight is 345 g/mol. The predicted octanol–water partition coefficient (Wildman–Crippen LogP) is 2.09. The molecule has 1 heterocycles. The van der Waals surface area contributed by atoms with E-state index in [0.717, 1.165) is 19.4 Å². The Bertz CT molecular complexity index is 490. The van der Waals surface area contributed by atoms with Gasteiger partial charge in [-0.1, -0.05) is 0 Å². The molecule has 1 aliphatic heterocycles. The Morgan fingerprint density at radius 1 is 1.60 bits per heavy atom. The molecule has 0 saturated carbocycles. The van der Waals surface area contributed by atoms with Crippen molar-refractivity contribution in [2.45, 2.75) is 18.4 Å². The van der Waals surface area contributed by atoms with Crippen molar-refractivity contribution in [2.24, 2.45) is 0 Å². The lowest BCUT2D eigenvalue weighted by atomic mass is 9.98. The van der Waals surface area contributed by atoms with Crippen LogP contribution in [-0.2, 0) is 4.74 Å². The lowest BCUT2D eigenvalue weighted by molar-refractivity contribution is 0.0891. The first kappa shape index (κ1) is 15.4. The maximum atomic E-state index is 13.4. The maximum Gasteiger partial charge on any atom is 0.251 e. The quantitative estimate of drug-likeness (QED) is 0.859. The number of halogens is 2. The third-order valence-electron chi connectivity index (χ3n) is 3.52. The smallest absolute Gasteiger partial charge is 0.251 e. The second-order valence-corrected chi connectivity index (χ2v) is 5.91. The highest BCUT2D eigenvalue weighted by molar-refractivity contribution is 9.10. The molecule has 6 heteroatoms. The predicted molar refractivity (Wildman–Crippen MR) is 78.3 cm³/mol. The molecule has 0 spiro atoms. The van der Waals surface area contributed by atoms with Gasteiger partial charge < -0.3 is 15.4 Å². The molecular weight excluding hydrogens is 327 g/mol. The van der Waals surface area contributed by atoms with Crippen LogP contribution in [0.4, 0.5) is 4.39 Å². The van der Waals surface area contributed by atoms with Crippen molar-refractivity contribution in [3.8, 4) is 0 Å². The fourth-order valence-electron chi connectivity index (χ4n) is 2.46. The van der Waals surface area contributed by atoms with Crippen molar-refractivity contribution in [2.75, 3.05) is 26.8 Å². The van der Waals surface area contributed by atoms with E-state index in [4.69, 9.17) is 4.74 Å². The van der Waals surface area contributed by atoms with Crippen LogP contribution in [0.1, 0.15) is 23.2 Å². The van der Waals surface area contributed by atoms with Crippen LogP contribution in [0.2, 0.25) is 0 Å². The summed E-state index contributed by atoms with van der Waals surface area (Å²) in [5, 5.41) is 6.23. The number of nitrogens with one attached hydrogen (secondary N) is 2. The van der Waals surface area contributed by atoms with Gasteiger partial charge in [-0.05, 0) is 53.5 Å². The monoisotopic (exact) mass is 344 g/mol. The van der Waals surface area contributed by atoms with E-state index in [-0.39, 0.29) is 11.4 Å². The van der Waals surface area contributed by atoms with Crippen LogP contribution in [0.15, 0.2) is 22.7 Å². The molecule has 2 rings (SSSR count). The fourth-order valence-corrected chi connectivity index (χ4v) is 2.71. The summed E-state index contributed by atoms with van der Waals surface area (Å²) < 4.78 is 19.0. The zero-order valence-corrected chi connectivity index (χ0v) is 12.9. The lowest BCUT2D eigenvalue weighted by Crippen LogP contribution is -2.53. The third-order valence-corrected chi connectivity index (χ3v) is 4.16. The second kappa shape index (κ2) is 6.65. The van der Waals surface area contributed by atoms with Crippen LogP contribution >= 0.6 is 15.9 Å². The van der Waals surface area contributed by atoms with E-state index in [2.05, 4.69) is 26.6 Å². The van der Waals surface area contributed by atoms with E-state index < -0.39 is 5.82 Å². The van der Waals surface area contributed by atoms with Gasteiger partial charge in [-0.25, -0.2) is 4.39 Å². The molecule has 0 bridgehead atoms. The maximum absolute atomic E-state index is 13.4. The van der Waals surface area contributed by atoms with Crippen LogP contribution < -0.4 is 10.6 Å². The molecule has 1 aliphatic rings. The topological polar surface area (TPSA) is 50.4 Å². The number of carbonyl (C=O) groups is 1. The Hall–Kier alpha value is -0.980. The third kappa shape index (κ3) is 3.56. The Morgan fingerprint density at radius 3 is 3.00 bits per heavy atom. The van der Waals surface area contributed by atoms with E-state index in [9.17, 15) is 9.18 Å². The van der Waals surface area contributed by atoms with Gasteiger partial charge in [-0.3, -0.25) is 4.79 Å². The summed E-state index contributed by atoms with van der Waals surface area (Å²) in [4.78, 5) is 12.0. The first-order chi connectivity index (χ1) is 9.56. The van der Waals surface area contributed by atoms with Crippen LogP contribution in [0.25, 0.3) is 0 Å². The summed E-state index contributed by atoms with van der Waals surface area (Å²) >= 11 is 3.07. The molecule has 20 heavy (non-hydrogen) atoms. The highest BCUT2D eigenvalue weighted by Gasteiger charge is 2.33. The molecule has 1 fully saturated rings. The van der Waals surface area contributed by atoms with Gasteiger partial charge >= 0.3 is 0 Å². The highest BCUT2D eigenvalue weighted by Crippen LogP contribution is 2.20. The van der Waals surface area contributed by atoms with Crippen molar-refractivity contribution in [1.29, 1.82) is 0 Å². The molecule has 2 N–H and O–H groups in total. The summed E-state index contributed by atoms with van der Waals surface area (Å²) in [6.07, 6.45) is 2.02. The number of ether oxygens (including phenoxy) is 1. The van der Waals surface area contributed by atoms with E-state index in [1.807, 2.05) is 0 Å². The van der Waals surface area contributed by atoms with Crippen molar-refractivity contribution in [1.82, 2.24) is 10.6 Å². The molecule has 0 radical (unpaired) electrons. The molecule has 1 saturated heterocycles. The normalized spacial score (nSPS) is 21.9. The molecule has 110 valence electrons. The van der Waals surface area contributed by atoms with Gasteiger partial charge in [0.05, 0.1) is 16.6 Å². The summed E-state index contributed by atoms with van der Waals surface area (Å²) in [5.74, 6) is -0.719. The van der Waals surface area contributed by atoms with Gasteiger partial charge in [-0.15, -0.1) is 0 Å². The van der Waals surface area contributed by atoms with E-state index in [0.29, 0.717) is 23.2 Å². The SMILES string of the molecule is COCC1(CNC(=O)c2ccc(Br)c(F)c2)CCCN1. The van der Waals surface area contributed by atoms with Gasteiger partial charge in [0, 0.05) is 19.2 Å². The average Bonchev–Trinajstić information content (AvgIpc) is 2.89. The van der Waals surface area contributed by atoms with Gasteiger partial charge in [-0.2, -0.15) is 0 Å². The number of carbonyl (C=O) groups excluding carboxylic acids is 1. The van der Waals surface area contributed by atoms with Crippen LogP contribution in [0.5, 0.6) is 0 Å². The van der Waals surface area contributed by atoms with Gasteiger partial charge in [0.15, 0.2) is 0 Å². The second-order valence-electron chi connectivity index (χ2n) is 5.06. The van der Waals surface area contributed by atoms with Crippen molar-refractivity contribution in [3.63, 3.8) is 0 Å². The Balaban J connectivity index is 1.98. The summed E-state index contributed by atoms with van der Waals surface area (Å²) in [5.41, 5.74) is 0.106. The van der Waals surface area contributed by atoms with E-state index in [1.165, 1.54) is 12.1 Å². The first-order valence-corrected chi connectivity index (χ1v) is 7.33. The summed E-state index contributed by atoms with van der Waals surface area (Å²) in [6, 6.07) is 4.35. The number of hydrogen-bond acceptors (Lipinski definition) is 3. The molecule has 1 unspecified atom stereocenters. The number of amides is 1. The summed E-state index contributed by atoms with van der Waals surface area (Å²) in [6.45, 7) is 1.94. The standard InChI is InChI=1S/C14H18BrFN2O2/c1-20-9-14(5-2-6-18-14)8-17-13(19)10-3-4-11(15)12(16)7-10/h3-4,7,18H,2,5-6,8-9H2,1H3,(H,17,19). The molecule has 1 aromatic rings. The Kier molecular flexibility index (Phi) is 5.12. The Labute approximate surface area is 126 Å². The molecule has 0 aromatic heterocycles. The molecule has 0 aliphatic carbocycles. The van der Waals surface area contributed by atoms with Crippen LogP contribution in [-0.4, -0.2) is 38.3 Å². The van der Waals surface area contributed by atoms with E-state index >= 15 is 0 Å². The minimum atomic E-state index is -0.441. The minimum absolute atomic E-state index is 0.210. The molecular formula is C14H18BrFN2O2. The van der Waals surface area contributed by atoms with Gasteiger partial charge in [0.2, 0.25) is 0 Å². The van der Waals surface area contributed by atoms with Crippen LogP contribution in [0.3, 0.4) is 0 Å². The van der Waals surface area contributed by atoms with Crippen molar-refractivity contribution >= 4 is 21.8 Å². The fraction of sp³-hybridized carbons (Fsp3) is 0.500. The number of methoxy groups -OCH3 is 1. The Morgan fingerprint density at radius 2 is 2.40 bits per heavy atom. The van der Waals surface area contributed by atoms with Crippen LogP contribution in [0, 0.1) is 5.82 Å². The zero-order valence-electron chi connectivity index (χ0n) is 11.3. The van der Waals surface area contributed by atoms with E-state index in [1.54, 1.807) is 13.2 Å².